The molecule has 0 aliphatic heterocycles. The zero-order chi connectivity index (χ0) is 10.9. The van der Waals surface area contributed by atoms with Crippen LogP contribution in [0.3, 0.4) is 0 Å². The van der Waals surface area contributed by atoms with E-state index in [-0.39, 0.29) is 0 Å². The summed E-state index contributed by atoms with van der Waals surface area (Å²) in [6.07, 6.45) is -2.01. The number of rotatable bonds is 1. The minimum atomic E-state index is -4.43. The van der Waals surface area contributed by atoms with Crippen molar-refractivity contribution in [1.82, 2.24) is 9.55 Å². The van der Waals surface area contributed by atoms with E-state index in [1.54, 1.807) is 30.3 Å². The Morgan fingerprint density at radius 1 is 1.07 bits per heavy atom. The quantitative estimate of drug-likeness (QED) is 0.710. The van der Waals surface area contributed by atoms with Gasteiger partial charge in [-0.2, -0.15) is 13.2 Å². The molecular weight excluding hydrogens is 205 g/mol. The smallest absolute Gasteiger partial charge is 0.296 e. The molecule has 0 aliphatic rings. The maximum Gasteiger partial charge on any atom is 0.450 e. The Balaban J connectivity index is 2.51. The number of nitrogens with zero attached hydrogens (tertiary/aromatic N) is 2. The van der Waals surface area contributed by atoms with Crippen LogP contribution in [-0.4, -0.2) is 9.55 Å². The molecule has 0 saturated carbocycles. The maximum absolute atomic E-state index is 12.5. The van der Waals surface area contributed by atoms with Gasteiger partial charge in [0.15, 0.2) is 0 Å². The monoisotopic (exact) mass is 212 g/mol. The first-order valence-electron chi connectivity index (χ1n) is 4.25. The van der Waals surface area contributed by atoms with Gasteiger partial charge < -0.3 is 0 Å². The van der Waals surface area contributed by atoms with E-state index in [4.69, 9.17) is 0 Å². The maximum atomic E-state index is 12.5. The molecule has 2 aromatic rings. The topological polar surface area (TPSA) is 17.8 Å². The first-order chi connectivity index (χ1) is 7.09. The summed E-state index contributed by atoms with van der Waals surface area (Å²) in [5, 5.41) is 0. The SMILES string of the molecule is FC(F)(F)c1nccn1-c1ccccc1. The summed E-state index contributed by atoms with van der Waals surface area (Å²) in [5.74, 6) is -0.909. The van der Waals surface area contributed by atoms with Gasteiger partial charge in [0.25, 0.3) is 0 Å². The van der Waals surface area contributed by atoms with Crippen molar-refractivity contribution in [2.24, 2.45) is 0 Å². The van der Waals surface area contributed by atoms with Crippen molar-refractivity contribution in [2.45, 2.75) is 6.18 Å². The van der Waals surface area contributed by atoms with E-state index >= 15 is 0 Å². The molecule has 0 atom stereocenters. The zero-order valence-electron chi connectivity index (χ0n) is 7.57. The molecule has 0 spiro atoms. The van der Waals surface area contributed by atoms with Gasteiger partial charge in [0, 0.05) is 18.1 Å². The van der Waals surface area contributed by atoms with Gasteiger partial charge in [-0.15, -0.1) is 0 Å². The summed E-state index contributed by atoms with van der Waals surface area (Å²) in [4.78, 5) is 3.30. The molecular formula is C10H7F3N2. The number of alkyl halides is 3. The fourth-order valence-electron chi connectivity index (χ4n) is 1.31. The Hall–Kier alpha value is -1.78. The van der Waals surface area contributed by atoms with Crippen LogP contribution in [0.2, 0.25) is 0 Å². The van der Waals surface area contributed by atoms with Crippen LogP contribution in [0.5, 0.6) is 0 Å². The zero-order valence-corrected chi connectivity index (χ0v) is 7.57. The fourth-order valence-corrected chi connectivity index (χ4v) is 1.31. The highest BCUT2D eigenvalue weighted by molar-refractivity contribution is 5.33. The Morgan fingerprint density at radius 3 is 2.33 bits per heavy atom. The molecule has 2 nitrogen and oxygen atoms in total. The molecule has 1 aromatic carbocycles. The van der Waals surface area contributed by atoms with Crippen molar-refractivity contribution in [3.63, 3.8) is 0 Å². The number of hydrogen-bond donors (Lipinski definition) is 0. The van der Waals surface area contributed by atoms with E-state index in [1.165, 1.54) is 6.20 Å². The molecule has 0 fully saturated rings. The Morgan fingerprint density at radius 2 is 1.73 bits per heavy atom. The van der Waals surface area contributed by atoms with Gasteiger partial charge in [-0.1, -0.05) is 18.2 Å². The Bertz CT molecular complexity index is 445. The molecule has 0 aliphatic carbocycles. The summed E-state index contributed by atoms with van der Waals surface area (Å²) in [6, 6.07) is 8.28. The number of halogens is 3. The van der Waals surface area contributed by atoms with Crippen molar-refractivity contribution in [3.05, 3.63) is 48.5 Å². The first kappa shape index (κ1) is 9.76. The predicted molar refractivity (Wildman–Crippen MR) is 48.6 cm³/mol. The van der Waals surface area contributed by atoms with E-state index in [0.29, 0.717) is 5.69 Å². The van der Waals surface area contributed by atoms with Gasteiger partial charge in [0.2, 0.25) is 5.82 Å². The number of aromatic nitrogens is 2. The highest BCUT2D eigenvalue weighted by Gasteiger charge is 2.36. The standard InChI is InChI=1S/C10H7F3N2/c11-10(12,13)9-14-6-7-15(9)8-4-2-1-3-5-8/h1-7H. The molecule has 15 heavy (non-hydrogen) atoms. The van der Waals surface area contributed by atoms with E-state index in [9.17, 15) is 13.2 Å². The van der Waals surface area contributed by atoms with Crippen LogP contribution < -0.4 is 0 Å². The highest BCUT2D eigenvalue weighted by Crippen LogP contribution is 2.29. The van der Waals surface area contributed by atoms with Crippen LogP contribution >= 0.6 is 0 Å². The van der Waals surface area contributed by atoms with Crippen LogP contribution in [0, 0.1) is 0 Å². The Kier molecular flexibility index (Phi) is 2.22. The predicted octanol–water partition coefficient (Wildman–Crippen LogP) is 2.89. The van der Waals surface area contributed by atoms with Crippen molar-refractivity contribution >= 4 is 0 Å². The molecule has 0 bridgehead atoms. The Labute approximate surface area is 84.0 Å². The summed E-state index contributed by atoms with van der Waals surface area (Å²) < 4.78 is 38.5. The van der Waals surface area contributed by atoms with E-state index in [1.807, 2.05) is 0 Å². The van der Waals surface area contributed by atoms with Crippen LogP contribution in [-0.2, 0) is 6.18 Å². The summed E-state index contributed by atoms with van der Waals surface area (Å²) in [5.41, 5.74) is 0.447. The molecule has 78 valence electrons. The van der Waals surface area contributed by atoms with Crippen molar-refractivity contribution in [2.75, 3.05) is 0 Å². The lowest BCUT2D eigenvalue weighted by Crippen LogP contribution is -2.13. The summed E-state index contributed by atoms with van der Waals surface area (Å²) in [7, 11) is 0. The molecule has 0 unspecified atom stereocenters. The minimum Gasteiger partial charge on any atom is -0.296 e. The molecule has 1 aromatic heterocycles. The lowest BCUT2D eigenvalue weighted by atomic mass is 10.3. The lowest BCUT2D eigenvalue weighted by molar-refractivity contribution is -0.145. The second kappa shape index (κ2) is 3.42. The van der Waals surface area contributed by atoms with E-state index < -0.39 is 12.0 Å². The van der Waals surface area contributed by atoms with Gasteiger partial charge in [0.1, 0.15) is 0 Å². The van der Waals surface area contributed by atoms with Crippen molar-refractivity contribution in [1.29, 1.82) is 0 Å². The molecule has 0 N–H and O–H groups in total. The summed E-state index contributed by atoms with van der Waals surface area (Å²) in [6.45, 7) is 0. The van der Waals surface area contributed by atoms with Crippen LogP contribution in [0.4, 0.5) is 13.2 Å². The van der Waals surface area contributed by atoms with Crippen LogP contribution in [0.25, 0.3) is 5.69 Å². The van der Waals surface area contributed by atoms with E-state index in [2.05, 4.69) is 4.98 Å². The van der Waals surface area contributed by atoms with Crippen molar-refractivity contribution < 1.29 is 13.2 Å². The molecule has 2 rings (SSSR count). The van der Waals surface area contributed by atoms with Gasteiger partial charge in [-0.3, -0.25) is 4.57 Å². The molecule has 0 amide bonds. The number of imidazole rings is 1. The summed E-state index contributed by atoms with van der Waals surface area (Å²) >= 11 is 0. The molecule has 0 saturated heterocycles. The largest absolute Gasteiger partial charge is 0.450 e. The van der Waals surface area contributed by atoms with Gasteiger partial charge in [0.05, 0.1) is 0 Å². The second-order valence-corrected chi connectivity index (χ2v) is 2.95. The van der Waals surface area contributed by atoms with Gasteiger partial charge >= 0.3 is 6.18 Å². The number of hydrogen-bond acceptors (Lipinski definition) is 1. The third kappa shape index (κ3) is 1.86. The molecule has 0 radical (unpaired) electrons. The average Bonchev–Trinajstić information content (AvgIpc) is 2.67. The highest BCUT2D eigenvalue weighted by atomic mass is 19.4. The van der Waals surface area contributed by atoms with Crippen LogP contribution in [0.1, 0.15) is 5.82 Å². The molecule has 1 heterocycles. The average molecular weight is 212 g/mol. The first-order valence-corrected chi connectivity index (χ1v) is 4.25. The van der Waals surface area contributed by atoms with Gasteiger partial charge in [-0.05, 0) is 12.1 Å². The van der Waals surface area contributed by atoms with E-state index in [0.717, 1.165) is 10.8 Å². The van der Waals surface area contributed by atoms with Gasteiger partial charge in [-0.25, -0.2) is 4.98 Å². The molecule has 5 heteroatoms. The minimum absolute atomic E-state index is 0.447. The normalized spacial score (nSPS) is 11.7. The third-order valence-electron chi connectivity index (χ3n) is 1.93. The van der Waals surface area contributed by atoms with Crippen molar-refractivity contribution in [3.8, 4) is 5.69 Å². The lowest BCUT2D eigenvalue weighted by Gasteiger charge is -2.09. The fraction of sp³-hybridized carbons (Fsp3) is 0.100. The number of para-hydroxylation sites is 1. The van der Waals surface area contributed by atoms with Crippen LogP contribution in [0.15, 0.2) is 42.7 Å². The number of benzene rings is 1. The second-order valence-electron chi connectivity index (χ2n) is 2.95. The third-order valence-corrected chi connectivity index (χ3v) is 1.93.